The Labute approximate surface area is 140 Å². The van der Waals surface area contributed by atoms with Gasteiger partial charge in [-0.05, 0) is 46.3 Å². The molecule has 0 aliphatic carbocycles. The first kappa shape index (κ1) is 19.6. The fraction of sp³-hybridized carbons (Fsp3) is 0.471. The molecule has 0 aliphatic heterocycles. The van der Waals surface area contributed by atoms with Gasteiger partial charge in [-0.3, -0.25) is 4.72 Å². The molecule has 6 heteroatoms. The van der Waals surface area contributed by atoms with Crippen molar-refractivity contribution in [3.05, 3.63) is 47.5 Å². The number of rotatable bonds is 7. The molecule has 128 valence electrons. The predicted octanol–water partition coefficient (Wildman–Crippen LogP) is 4.71. The number of hydrogen-bond donors (Lipinski definition) is 1. The number of halogens is 2. The number of carbonyl (C=O) groups excluding carboxylic acids is 1. The number of nitrogens with one attached hydrogen (secondary N) is 1. The monoisotopic (exact) mass is 343 g/mol. The second-order valence-electron chi connectivity index (χ2n) is 5.91. The zero-order valence-corrected chi connectivity index (χ0v) is 14.7. The molecule has 0 saturated heterocycles. The Hall–Kier alpha value is -1.40. The molecule has 1 unspecified atom stereocenters. The standard InChI is InChI=1S/C17H23F2NO2S/c1-5-22-16(21)14(19)10-11-15(20-23-17(2,3)4)12-8-6-7-9-13(12)18/h6-10,15,20H,5,11H2,1-4H3/b14-10-. The Morgan fingerprint density at radius 1 is 1.39 bits per heavy atom. The Balaban J connectivity index is 2.90. The van der Waals surface area contributed by atoms with Crippen molar-refractivity contribution in [3.8, 4) is 0 Å². The van der Waals surface area contributed by atoms with E-state index in [9.17, 15) is 13.6 Å². The Morgan fingerprint density at radius 3 is 2.61 bits per heavy atom. The third kappa shape index (κ3) is 7.14. The molecule has 1 rings (SSSR count). The van der Waals surface area contributed by atoms with Gasteiger partial charge in [0.1, 0.15) is 5.82 Å². The van der Waals surface area contributed by atoms with Crippen LogP contribution in [0.2, 0.25) is 0 Å². The molecule has 0 aromatic heterocycles. The van der Waals surface area contributed by atoms with Crippen LogP contribution in [0.3, 0.4) is 0 Å². The summed E-state index contributed by atoms with van der Waals surface area (Å²) in [6.07, 6.45) is 1.26. The highest BCUT2D eigenvalue weighted by atomic mass is 32.2. The SMILES string of the molecule is CCOC(=O)/C(F)=C/CC(NSC(C)(C)C)c1ccccc1F. The fourth-order valence-corrected chi connectivity index (χ4v) is 2.47. The molecule has 0 spiro atoms. The van der Waals surface area contributed by atoms with Gasteiger partial charge in [-0.15, -0.1) is 0 Å². The van der Waals surface area contributed by atoms with Crippen LogP contribution in [-0.4, -0.2) is 17.3 Å². The molecule has 1 N–H and O–H groups in total. The van der Waals surface area contributed by atoms with Gasteiger partial charge in [-0.1, -0.05) is 30.1 Å². The molecule has 0 amide bonds. The average molecular weight is 343 g/mol. The lowest BCUT2D eigenvalue weighted by molar-refractivity contribution is -0.140. The second kappa shape index (κ2) is 9.03. The molecule has 0 heterocycles. The molecule has 1 atom stereocenters. The van der Waals surface area contributed by atoms with Gasteiger partial charge in [0.15, 0.2) is 0 Å². The highest BCUT2D eigenvalue weighted by molar-refractivity contribution is 7.98. The topological polar surface area (TPSA) is 38.3 Å². The third-order valence-corrected chi connectivity index (χ3v) is 3.81. The lowest BCUT2D eigenvalue weighted by atomic mass is 10.0. The molecular weight excluding hydrogens is 320 g/mol. The first-order valence-corrected chi connectivity index (χ1v) is 8.27. The lowest BCUT2D eigenvalue weighted by Crippen LogP contribution is -2.22. The highest BCUT2D eigenvalue weighted by Crippen LogP contribution is 2.28. The number of benzene rings is 1. The van der Waals surface area contributed by atoms with Gasteiger partial charge in [-0.2, -0.15) is 4.39 Å². The van der Waals surface area contributed by atoms with Crippen LogP contribution in [-0.2, 0) is 9.53 Å². The van der Waals surface area contributed by atoms with Gasteiger partial charge in [-0.25, -0.2) is 9.18 Å². The van der Waals surface area contributed by atoms with Gasteiger partial charge in [0.05, 0.1) is 6.61 Å². The van der Waals surface area contributed by atoms with Gasteiger partial charge in [0.25, 0.3) is 0 Å². The Bertz CT molecular complexity index is 556. The van der Waals surface area contributed by atoms with Gasteiger partial charge in [0, 0.05) is 16.4 Å². The van der Waals surface area contributed by atoms with Crippen molar-refractivity contribution in [2.45, 2.75) is 44.9 Å². The van der Waals surface area contributed by atoms with Gasteiger partial charge in [0.2, 0.25) is 5.83 Å². The van der Waals surface area contributed by atoms with Gasteiger partial charge < -0.3 is 4.74 Å². The first-order chi connectivity index (χ1) is 10.7. The van der Waals surface area contributed by atoms with Crippen LogP contribution in [0, 0.1) is 5.82 Å². The molecule has 1 aromatic rings. The zero-order valence-electron chi connectivity index (χ0n) is 13.9. The van der Waals surface area contributed by atoms with E-state index in [1.807, 2.05) is 20.8 Å². The van der Waals surface area contributed by atoms with E-state index in [-0.39, 0.29) is 23.6 Å². The first-order valence-electron chi connectivity index (χ1n) is 7.45. The van der Waals surface area contributed by atoms with Crippen LogP contribution < -0.4 is 4.72 Å². The van der Waals surface area contributed by atoms with Crippen molar-refractivity contribution >= 4 is 17.9 Å². The minimum Gasteiger partial charge on any atom is -0.461 e. The molecule has 1 aromatic carbocycles. The Morgan fingerprint density at radius 2 is 2.04 bits per heavy atom. The van der Waals surface area contributed by atoms with Crippen LogP contribution in [0.15, 0.2) is 36.2 Å². The summed E-state index contributed by atoms with van der Waals surface area (Å²) in [5, 5.41) is 0. The zero-order chi connectivity index (χ0) is 17.5. The number of carbonyl (C=O) groups is 1. The van der Waals surface area contributed by atoms with Crippen molar-refractivity contribution in [2.75, 3.05) is 6.61 Å². The summed E-state index contributed by atoms with van der Waals surface area (Å²) in [6.45, 7) is 7.75. The van der Waals surface area contributed by atoms with E-state index in [0.717, 1.165) is 6.08 Å². The van der Waals surface area contributed by atoms with E-state index in [1.54, 1.807) is 25.1 Å². The smallest absolute Gasteiger partial charge is 0.366 e. The summed E-state index contributed by atoms with van der Waals surface area (Å²) in [4.78, 5) is 11.3. The quantitative estimate of drug-likeness (QED) is 0.442. The van der Waals surface area contributed by atoms with Crippen molar-refractivity contribution in [1.82, 2.24) is 4.72 Å². The average Bonchev–Trinajstić information content (AvgIpc) is 2.47. The van der Waals surface area contributed by atoms with Crippen molar-refractivity contribution in [3.63, 3.8) is 0 Å². The minimum absolute atomic E-state index is 0.0904. The van der Waals surface area contributed by atoms with Crippen molar-refractivity contribution in [2.24, 2.45) is 0 Å². The predicted molar refractivity (Wildman–Crippen MR) is 90.1 cm³/mol. The Kier molecular flexibility index (Phi) is 7.72. The molecule has 0 fully saturated rings. The van der Waals surface area contributed by atoms with Crippen LogP contribution >= 0.6 is 11.9 Å². The highest BCUT2D eigenvalue weighted by Gasteiger charge is 2.20. The van der Waals surface area contributed by atoms with Crippen molar-refractivity contribution in [1.29, 1.82) is 0 Å². The van der Waals surface area contributed by atoms with Gasteiger partial charge >= 0.3 is 5.97 Å². The number of ether oxygens (including phenoxy) is 1. The molecule has 0 radical (unpaired) electrons. The molecular formula is C17H23F2NO2S. The maximum atomic E-state index is 14.0. The molecule has 0 saturated carbocycles. The van der Waals surface area contributed by atoms with Crippen LogP contribution in [0.4, 0.5) is 8.78 Å². The maximum Gasteiger partial charge on any atom is 0.366 e. The maximum absolute atomic E-state index is 14.0. The van der Waals surface area contributed by atoms with Crippen molar-refractivity contribution < 1.29 is 18.3 Å². The third-order valence-electron chi connectivity index (χ3n) is 2.79. The van der Waals surface area contributed by atoms with E-state index in [2.05, 4.69) is 9.46 Å². The fourth-order valence-electron chi connectivity index (χ4n) is 1.75. The van der Waals surface area contributed by atoms with E-state index >= 15 is 0 Å². The summed E-state index contributed by atoms with van der Waals surface area (Å²) in [5.41, 5.74) is 0.428. The molecule has 23 heavy (non-hydrogen) atoms. The summed E-state index contributed by atoms with van der Waals surface area (Å²) < 4.78 is 35.4. The lowest BCUT2D eigenvalue weighted by Gasteiger charge is -2.24. The normalized spacial score (nSPS) is 13.7. The van der Waals surface area contributed by atoms with E-state index in [0.29, 0.717) is 5.56 Å². The summed E-state index contributed by atoms with van der Waals surface area (Å²) in [6, 6.07) is 5.87. The summed E-state index contributed by atoms with van der Waals surface area (Å²) in [5.74, 6) is -2.33. The summed E-state index contributed by atoms with van der Waals surface area (Å²) >= 11 is 1.43. The number of hydrogen-bond acceptors (Lipinski definition) is 4. The molecule has 0 bridgehead atoms. The molecule has 3 nitrogen and oxygen atoms in total. The van der Waals surface area contributed by atoms with Crippen LogP contribution in [0.25, 0.3) is 0 Å². The summed E-state index contributed by atoms with van der Waals surface area (Å²) in [7, 11) is 0. The number of esters is 1. The second-order valence-corrected chi connectivity index (χ2v) is 7.58. The van der Waals surface area contributed by atoms with Crippen LogP contribution in [0.1, 0.15) is 45.7 Å². The van der Waals surface area contributed by atoms with E-state index in [1.165, 1.54) is 18.0 Å². The van der Waals surface area contributed by atoms with Crippen LogP contribution in [0.5, 0.6) is 0 Å². The molecule has 0 aliphatic rings. The minimum atomic E-state index is -0.997. The van der Waals surface area contributed by atoms with E-state index < -0.39 is 17.8 Å². The largest absolute Gasteiger partial charge is 0.461 e. The van der Waals surface area contributed by atoms with E-state index in [4.69, 9.17) is 0 Å².